The number of hydrogen-bond acceptors (Lipinski definition) is 3. The van der Waals surface area contributed by atoms with E-state index in [2.05, 4.69) is 11.1 Å². The first kappa shape index (κ1) is 15.6. The van der Waals surface area contributed by atoms with Crippen molar-refractivity contribution < 1.29 is 9.90 Å². The number of pyridine rings is 1. The summed E-state index contributed by atoms with van der Waals surface area (Å²) in [6.07, 6.45) is 6.57. The highest BCUT2D eigenvalue weighted by Gasteiger charge is 2.37. The topological polar surface area (TPSA) is 53.4 Å². The molecule has 4 heteroatoms. The molecule has 0 spiro atoms. The van der Waals surface area contributed by atoms with Gasteiger partial charge in [-0.05, 0) is 37.0 Å². The average Bonchev–Trinajstić information content (AvgIpc) is 3.25. The summed E-state index contributed by atoms with van der Waals surface area (Å²) in [5.41, 5.74) is 2.20. The van der Waals surface area contributed by atoms with Crippen LogP contribution < -0.4 is 0 Å². The normalized spacial score (nSPS) is 24.8. The van der Waals surface area contributed by atoms with Crippen LogP contribution in [0.15, 0.2) is 36.5 Å². The van der Waals surface area contributed by atoms with E-state index in [9.17, 15) is 9.90 Å². The van der Waals surface area contributed by atoms with Crippen molar-refractivity contribution in [1.29, 1.82) is 0 Å². The molecule has 1 saturated heterocycles. The van der Waals surface area contributed by atoms with Crippen LogP contribution >= 0.6 is 0 Å². The number of nitrogens with zero attached hydrogens (tertiary/aromatic N) is 2. The molecule has 4 nitrogen and oxygen atoms in total. The molecule has 1 saturated carbocycles. The third-order valence-electron chi connectivity index (χ3n) is 5.64. The maximum absolute atomic E-state index is 12.6. The summed E-state index contributed by atoms with van der Waals surface area (Å²) >= 11 is 0. The molecule has 1 aliphatic heterocycles. The fourth-order valence-electron chi connectivity index (χ4n) is 4.28. The number of aliphatic hydroxyl groups is 1. The van der Waals surface area contributed by atoms with Crippen molar-refractivity contribution in [3.8, 4) is 0 Å². The average molecular weight is 324 g/mol. The van der Waals surface area contributed by atoms with Crippen LogP contribution in [-0.4, -0.2) is 40.1 Å². The summed E-state index contributed by atoms with van der Waals surface area (Å²) in [5.74, 6) is 0.563. The van der Waals surface area contributed by atoms with E-state index in [0.29, 0.717) is 13.1 Å². The first-order chi connectivity index (χ1) is 11.7. The highest BCUT2D eigenvalue weighted by Crippen LogP contribution is 2.30. The zero-order valence-corrected chi connectivity index (χ0v) is 13.9. The van der Waals surface area contributed by atoms with Gasteiger partial charge in [-0.15, -0.1) is 0 Å². The van der Waals surface area contributed by atoms with Crippen LogP contribution in [0.2, 0.25) is 0 Å². The quantitative estimate of drug-likeness (QED) is 0.944. The third kappa shape index (κ3) is 2.91. The van der Waals surface area contributed by atoms with Crippen molar-refractivity contribution in [3.05, 3.63) is 42.1 Å². The highest BCUT2D eigenvalue weighted by molar-refractivity contribution is 5.82. The number of rotatable bonds is 3. The van der Waals surface area contributed by atoms with Gasteiger partial charge in [0.1, 0.15) is 0 Å². The van der Waals surface area contributed by atoms with Gasteiger partial charge in [0.25, 0.3) is 0 Å². The predicted molar refractivity (Wildman–Crippen MR) is 93.5 cm³/mol. The van der Waals surface area contributed by atoms with E-state index in [1.165, 1.54) is 18.4 Å². The summed E-state index contributed by atoms with van der Waals surface area (Å²) in [7, 11) is 0. The monoisotopic (exact) mass is 324 g/mol. The molecule has 0 bridgehead atoms. The summed E-state index contributed by atoms with van der Waals surface area (Å²) in [6.45, 7) is 1.16. The van der Waals surface area contributed by atoms with E-state index in [1.54, 1.807) is 0 Å². The van der Waals surface area contributed by atoms with Gasteiger partial charge < -0.3 is 10.0 Å². The summed E-state index contributed by atoms with van der Waals surface area (Å²) in [4.78, 5) is 18.9. The number of likely N-dealkylation sites (tertiary alicyclic amines) is 1. The molecule has 126 valence electrons. The van der Waals surface area contributed by atoms with Crippen LogP contribution in [0.1, 0.15) is 31.2 Å². The Hall–Kier alpha value is -1.94. The minimum absolute atomic E-state index is 0.112. The van der Waals surface area contributed by atoms with Crippen molar-refractivity contribution in [3.63, 3.8) is 0 Å². The highest BCUT2D eigenvalue weighted by atomic mass is 16.3. The number of para-hydroxylation sites is 1. The van der Waals surface area contributed by atoms with Crippen molar-refractivity contribution in [1.82, 2.24) is 9.88 Å². The molecule has 4 rings (SSSR count). The predicted octanol–water partition coefficient (Wildman–Crippen LogP) is 2.79. The molecule has 2 aliphatic rings. The van der Waals surface area contributed by atoms with Gasteiger partial charge in [-0.3, -0.25) is 9.78 Å². The summed E-state index contributed by atoms with van der Waals surface area (Å²) in [5, 5.41) is 11.6. The zero-order valence-electron chi connectivity index (χ0n) is 13.9. The number of hydrogen-bond donors (Lipinski definition) is 1. The van der Waals surface area contributed by atoms with E-state index in [0.717, 1.165) is 30.2 Å². The van der Waals surface area contributed by atoms with E-state index < -0.39 is 6.10 Å². The number of benzene rings is 1. The fourth-order valence-corrected chi connectivity index (χ4v) is 4.28. The van der Waals surface area contributed by atoms with E-state index >= 15 is 0 Å². The first-order valence-electron chi connectivity index (χ1n) is 9.02. The lowest BCUT2D eigenvalue weighted by atomic mass is 9.94. The van der Waals surface area contributed by atoms with Crippen LogP contribution in [0.25, 0.3) is 10.9 Å². The van der Waals surface area contributed by atoms with Gasteiger partial charge in [0.2, 0.25) is 5.91 Å². The lowest BCUT2D eigenvalue weighted by molar-refractivity contribution is -0.134. The molecule has 2 atom stereocenters. The molecule has 2 aromatic rings. The van der Waals surface area contributed by atoms with Crippen LogP contribution in [0.3, 0.4) is 0 Å². The fraction of sp³-hybridized carbons (Fsp3) is 0.500. The largest absolute Gasteiger partial charge is 0.391 e. The summed E-state index contributed by atoms with van der Waals surface area (Å²) < 4.78 is 0. The number of amides is 1. The Morgan fingerprint density at radius 1 is 1.17 bits per heavy atom. The number of β-amino-alcohol motifs (C(OH)–C–C–N with tert-alkyl or cyclic N) is 1. The molecule has 1 aliphatic carbocycles. The van der Waals surface area contributed by atoms with Gasteiger partial charge >= 0.3 is 0 Å². The van der Waals surface area contributed by atoms with Crippen molar-refractivity contribution in [2.45, 2.75) is 38.2 Å². The first-order valence-corrected chi connectivity index (χ1v) is 9.02. The number of carbonyl (C=O) groups excluding carboxylic acids is 1. The van der Waals surface area contributed by atoms with Crippen LogP contribution in [0, 0.1) is 11.8 Å². The molecular weight excluding hydrogens is 300 g/mol. The van der Waals surface area contributed by atoms with Gasteiger partial charge in [-0.2, -0.15) is 0 Å². The Morgan fingerprint density at radius 2 is 1.96 bits per heavy atom. The molecule has 1 amide bonds. The van der Waals surface area contributed by atoms with Gasteiger partial charge in [0.15, 0.2) is 0 Å². The van der Waals surface area contributed by atoms with Gasteiger partial charge in [0, 0.05) is 36.5 Å². The second-order valence-corrected chi connectivity index (χ2v) is 7.24. The Morgan fingerprint density at radius 3 is 2.79 bits per heavy atom. The number of fused-ring (bicyclic) bond motifs is 1. The maximum atomic E-state index is 12.6. The lowest BCUT2D eigenvalue weighted by Crippen LogP contribution is -2.34. The smallest absolute Gasteiger partial charge is 0.225 e. The van der Waals surface area contributed by atoms with Crippen LogP contribution in [0.4, 0.5) is 0 Å². The minimum atomic E-state index is -0.428. The Bertz CT molecular complexity index is 734. The van der Waals surface area contributed by atoms with E-state index in [-0.39, 0.29) is 17.7 Å². The van der Waals surface area contributed by atoms with Crippen molar-refractivity contribution >= 4 is 16.8 Å². The molecule has 0 radical (unpaired) electrons. The summed E-state index contributed by atoms with van der Waals surface area (Å²) in [6, 6.07) is 10.1. The van der Waals surface area contributed by atoms with Gasteiger partial charge in [-0.25, -0.2) is 0 Å². The number of aromatic nitrogens is 1. The van der Waals surface area contributed by atoms with E-state index in [4.69, 9.17) is 0 Å². The van der Waals surface area contributed by atoms with Gasteiger partial charge in [0.05, 0.1) is 11.6 Å². The second kappa shape index (κ2) is 6.52. The lowest BCUT2D eigenvalue weighted by Gasteiger charge is -2.20. The molecule has 1 aromatic heterocycles. The van der Waals surface area contributed by atoms with Crippen LogP contribution in [0.5, 0.6) is 0 Å². The third-order valence-corrected chi connectivity index (χ3v) is 5.64. The Kier molecular flexibility index (Phi) is 4.23. The van der Waals surface area contributed by atoms with Crippen LogP contribution in [-0.2, 0) is 11.2 Å². The molecule has 0 unspecified atom stereocenters. The minimum Gasteiger partial charge on any atom is -0.391 e. The molecule has 24 heavy (non-hydrogen) atoms. The number of aliphatic hydroxyl groups excluding tert-OH is 1. The zero-order chi connectivity index (χ0) is 16.5. The number of carbonyl (C=O) groups is 1. The Labute approximate surface area is 142 Å². The van der Waals surface area contributed by atoms with Crippen molar-refractivity contribution in [2.75, 3.05) is 13.1 Å². The maximum Gasteiger partial charge on any atom is 0.225 e. The second-order valence-electron chi connectivity index (χ2n) is 7.24. The van der Waals surface area contributed by atoms with Crippen molar-refractivity contribution in [2.24, 2.45) is 11.8 Å². The van der Waals surface area contributed by atoms with Gasteiger partial charge in [-0.1, -0.05) is 31.0 Å². The molecular formula is C20H24N2O2. The Balaban J connectivity index is 1.49. The SMILES string of the molecule is O=C(C1CCCC1)N1C[C@@H](Cc2ccnc3ccccc23)[C@H](O)C1. The molecule has 1 aromatic carbocycles. The molecule has 2 fully saturated rings. The van der Waals surface area contributed by atoms with E-state index in [1.807, 2.05) is 35.4 Å². The molecule has 1 N–H and O–H groups in total. The molecule has 2 heterocycles. The standard InChI is InChI=1S/C20H24N2O2/c23-19-13-22(20(24)14-5-1-2-6-14)12-16(19)11-15-9-10-21-18-8-4-3-7-17(15)18/h3-4,7-10,14,16,19,23H,1-2,5-6,11-13H2/t16-,19-/m1/s1.